The predicted octanol–water partition coefficient (Wildman–Crippen LogP) is 3.98. The van der Waals surface area contributed by atoms with Crippen LogP contribution in [0.3, 0.4) is 0 Å². The molecule has 0 N–H and O–H groups in total. The number of aliphatic imine (C=N–C) groups is 1. The average molecular weight is 353 g/mol. The van der Waals surface area contributed by atoms with Crippen molar-refractivity contribution in [1.82, 2.24) is 14.8 Å². The van der Waals surface area contributed by atoms with E-state index < -0.39 is 6.23 Å². The molecule has 3 aromatic rings. The molecule has 2 heterocycles. The van der Waals surface area contributed by atoms with Gasteiger partial charge in [0.05, 0.1) is 11.4 Å². The fourth-order valence-electron chi connectivity index (χ4n) is 2.97. The second-order valence-electron chi connectivity index (χ2n) is 5.74. The van der Waals surface area contributed by atoms with Crippen LogP contribution in [0.4, 0.5) is 0 Å². The van der Waals surface area contributed by atoms with E-state index in [9.17, 15) is 0 Å². The summed E-state index contributed by atoms with van der Waals surface area (Å²) in [5.41, 5.74) is 3.62. The standard InChI is InChI=1S/C19H17ClN4O/c1-3-16-21-18-19(25-2)22-17(12-7-5-4-6-8-12)14-11-13(20)9-10-15(14)24(18)23-16/h4-11,19H,3H2,1-2H3. The Bertz CT molecular complexity index is 949. The lowest BCUT2D eigenvalue weighted by atomic mass is 10.0. The zero-order valence-electron chi connectivity index (χ0n) is 14.0. The summed E-state index contributed by atoms with van der Waals surface area (Å²) in [6.45, 7) is 2.03. The van der Waals surface area contributed by atoms with Crippen molar-refractivity contribution in [2.75, 3.05) is 7.11 Å². The maximum Gasteiger partial charge on any atom is 0.209 e. The van der Waals surface area contributed by atoms with Gasteiger partial charge in [0.1, 0.15) is 0 Å². The van der Waals surface area contributed by atoms with Gasteiger partial charge in [-0.2, -0.15) is 5.10 Å². The van der Waals surface area contributed by atoms with Crippen LogP contribution in [0, 0.1) is 0 Å². The Morgan fingerprint density at radius 3 is 2.68 bits per heavy atom. The Hall–Kier alpha value is -2.50. The molecule has 1 aromatic heterocycles. The number of nitrogens with zero attached hydrogens (tertiary/aromatic N) is 4. The second-order valence-corrected chi connectivity index (χ2v) is 6.18. The molecule has 126 valence electrons. The fourth-order valence-corrected chi connectivity index (χ4v) is 3.14. The van der Waals surface area contributed by atoms with Gasteiger partial charge in [0.25, 0.3) is 0 Å². The minimum absolute atomic E-state index is 0.533. The molecule has 0 radical (unpaired) electrons. The molecular formula is C19H17ClN4O. The van der Waals surface area contributed by atoms with Gasteiger partial charge in [-0.25, -0.2) is 14.7 Å². The first-order valence-electron chi connectivity index (χ1n) is 8.13. The zero-order valence-corrected chi connectivity index (χ0v) is 14.7. The summed E-state index contributed by atoms with van der Waals surface area (Å²) in [4.78, 5) is 9.47. The van der Waals surface area contributed by atoms with Gasteiger partial charge < -0.3 is 4.74 Å². The molecule has 0 saturated heterocycles. The summed E-state index contributed by atoms with van der Waals surface area (Å²) in [6, 6.07) is 15.7. The van der Waals surface area contributed by atoms with Crippen LogP contribution in [0.25, 0.3) is 5.69 Å². The Morgan fingerprint density at radius 2 is 1.96 bits per heavy atom. The molecule has 0 aliphatic carbocycles. The maximum absolute atomic E-state index is 6.28. The van der Waals surface area contributed by atoms with Crippen LogP contribution in [0.5, 0.6) is 0 Å². The van der Waals surface area contributed by atoms with Crippen LogP contribution in [0.1, 0.15) is 35.9 Å². The second kappa shape index (κ2) is 6.43. The van der Waals surface area contributed by atoms with Gasteiger partial charge in [0.15, 0.2) is 11.6 Å². The zero-order chi connectivity index (χ0) is 17.4. The van der Waals surface area contributed by atoms with Crippen LogP contribution in [-0.4, -0.2) is 27.6 Å². The highest BCUT2D eigenvalue weighted by Crippen LogP contribution is 2.31. The van der Waals surface area contributed by atoms with Crippen LogP contribution in [-0.2, 0) is 11.2 Å². The highest BCUT2D eigenvalue weighted by atomic mass is 35.5. The molecule has 6 heteroatoms. The first kappa shape index (κ1) is 16.0. The van der Waals surface area contributed by atoms with Gasteiger partial charge in [0.2, 0.25) is 6.23 Å². The summed E-state index contributed by atoms with van der Waals surface area (Å²) < 4.78 is 7.44. The number of ether oxygens (including phenoxy) is 1. The SMILES string of the molecule is CCc1nc2n(n1)-c1ccc(Cl)cc1C(c1ccccc1)=NC2OC. The lowest BCUT2D eigenvalue weighted by Gasteiger charge is -2.11. The number of aromatic nitrogens is 3. The number of fused-ring (bicyclic) bond motifs is 3. The van der Waals surface area contributed by atoms with E-state index in [1.165, 1.54) is 0 Å². The topological polar surface area (TPSA) is 52.3 Å². The Balaban J connectivity index is 2.02. The van der Waals surface area contributed by atoms with E-state index in [-0.39, 0.29) is 0 Å². The number of halogens is 1. The lowest BCUT2D eigenvalue weighted by Crippen LogP contribution is -2.08. The van der Waals surface area contributed by atoms with Crippen molar-refractivity contribution < 1.29 is 4.74 Å². The Kier molecular flexibility index (Phi) is 4.11. The van der Waals surface area contributed by atoms with Gasteiger partial charge in [-0.05, 0) is 18.2 Å². The van der Waals surface area contributed by atoms with E-state index in [2.05, 4.69) is 10.1 Å². The van der Waals surface area contributed by atoms with Crippen molar-refractivity contribution in [3.63, 3.8) is 0 Å². The van der Waals surface area contributed by atoms with Gasteiger partial charge in [-0.1, -0.05) is 48.9 Å². The summed E-state index contributed by atoms with van der Waals surface area (Å²) >= 11 is 6.28. The van der Waals surface area contributed by atoms with Crippen molar-refractivity contribution in [3.05, 3.63) is 76.3 Å². The van der Waals surface area contributed by atoms with Crippen LogP contribution >= 0.6 is 11.6 Å². The first-order chi connectivity index (χ1) is 12.2. The number of benzene rings is 2. The van der Waals surface area contributed by atoms with Crippen LogP contribution < -0.4 is 0 Å². The van der Waals surface area contributed by atoms with Crippen molar-refractivity contribution >= 4 is 17.3 Å². The summed E-state index contributed by atoms with van der Waals surface area (Å²) in [6.07, 6.45) is 0.211. The molecule has 4 rings (SSSR count). The minimum atomic E-state index is -0.533. The van der Waals surface area contributed by atoms with E-state index in [1.54, 1.807) is 7.11 Å². The number of aryl methyl sites for hydroxylation is 1. The molecular weight excluding hydrogens is 336 g/mol. The molecule has 1 unspecified atom stereocenters. The lowest BCUT2D eigenvalue weighted by molar-refractivity contribution is 0.102. The van der Waals surface area contributed by atoms with E-state index in [0.29, 0.717) is 10.8 Å². The molecule has 0 fully saturated rings. The number of rotatable bonds is 3. The molecule has 1 aliphatic heterocycles. The normalized spacial score (nSPS) is 16.0. The molecule has 0 bridgehead atoms. The molecule has 0 saturated carbocycles. The van der Waals surface area contributed by atoms with Gasteiger partial charge in [-0.15, -0.1) is 0 Å². The van der Waals surface area contributed by atoms with Gasteiger partial charge in [-0.3, -0.25) is 0 Å². The van der Waals surface area contributed by atoms with E-state index >= 15 is 0 Å². The first-order valence-corrected chi connectivity index (χ1v) is 8.51. The highest BCUT2D eigenvalue weighted by Gasteiger charge is 2.27. The Labute approximate surface area is 151 Å². The monoisotopic (exact) mass is 352 g/mol. The van der Waals surface area contributed by atoms with Gasteiger partial charge in [0, 0.05) is 29.7 Å². The molecule has 1 aliphatic rings. The summed E-state index contributed by atoms with van der Waals surface area (Å²) in [7, 11) is 1.63. The van der Waals surface area contributed by atoms with E-state index in [0.717, 1.165) is 34.8 Å². The van der Waals surface area contributed by atoms with Crippen LogP contribution in [0.15, 0.2) is 53.5 Å². The summed E-state index contributed by atoms with van der Waals surface area (Å²) in [5.74, 6) is 1.44. The summed E-state index contributed by atoms with van der Waals surface area (Å²) in [5, 5.41) is 5.28. The van der Waals surface area contributed by atoms with Crippen LogP contribution in [0.2, 0.25) is 5.02 Å². The quantitative estimate of drug-likeness (QED) is 0.716. The maximum atomic E-state index is 6.28. The molecule has 25 heavy (non-hydrogen) atoms. The average Bonchev–Trinajstić information content (AvgIpc) is 3.02. The number of methoxy groups -OCH3 is 1. The largest absolute Gasteiger partial charge is 0.353 e. The third kappa shape index (κ3) is 2.75. The number of hydrogen-bond donors (Lipinski definition) is 0. The third-order valence-electron chi connectivity index (χ3n) is 4.17. The van der Waals surface area contributed by atoms with Crippen molar-refractivity contribution in [2.24, 2.45) is 4.99 Å². The third-order valence-corrected chi connectivity index (χ3v) is 4.41. The molecule has 0 spiro atoms. The van der Waals surface area contributed by atoms with Crippen molar-refractivity contribution in [1.29, 1.82) is 0 Å². The van der Waals surface area contributed by atoms with Gasteiger partial charge >= 0.3 is 0 Å². The Morgan fingerprint density at radius 1 is 1.16 bits per heavy atom. The van der Waals surface area contributed by atoms with E-state index in [1.807, 2.05) is 60.1 Å². The van der Waals surface area contributed by atoms with Crippen molar-refractivity contribution in [3.8, 4) is 5.69 Å². The minimum Gasteiger partial charge on any atom is -0.353 e. The van der Waals surface area contributed by atoms with Crippen molar-refractivity contribution in [2.45, 2.75) is 19.6 Å². The molecule has 2 aromatic carbocycles. The number of hydrogen-bond acceptors (Lipinski definition) is 4. The molecule has 1 atom stereocenters. The predicted molar refractivity (Wildman–Crippen MR) is 97.6 cm³/mol. The van der Waals surface area contributed by atoms with E-state index in [4.69, 9.17) is 21.3 Å². The molecule has 5 nitrogen and oxygen atoms in total. The highest BCUT2D eigenvalue weighted by molar-refractivity contribution is 6.31. The molecule has 0 amide bonds. The smallest absolute Gasteiger partial charge is 0.209 e. The fraction of sp³-hybridized carbons (Fsp3) is 0.211.